The van der Waals surface area contributed by atoms with Crippen LogP contribution in [0.25, 0.3) is 21.9 Å². The zero-order valence-electron chi connectivity index (χ0n) is 18.7. The molecule has 0 saturated carbocycles. The van der Waals surface area contributed by atoms with Crippen LogP contribution in [0.15, 0.2) is 77.6 Å². The summed E-state index contributed by atoms with van der Waals surface area (Å²) in [6, 6.07) is 22.4. The molecular weight excluding hydrogens is 434 g/mol. The molecule has 1 aromatic heterocycles. The Hall–Kier alpha value is -3.21. The predicted octanol–water partition coefficient (Wildman–Crippen LogP) is 6.41. The molecule has 1 unspecified atom stereocenters. The Balaban J connectivity index is 1.99. The molecule has 0 aliphatic heterocycles. The van der Waals surface area contributed by atoms with Gasteiger partial charge < -0.3 is 5.11 Å². The number of ketones is 1. The van der Waals surface area contributed by atoms with E-state index in [1.165, 1.54) is 0 Å². The predicted molar refractivity (Wildman–Crippen MR) is 134 cm³/mol. The van der Waals surface area contributed by atoms with Crippen LogP contribution in [0.4, 0.5) is 0 Å². The van der Waals surface area contributed by atoms with Crippen LogP contribution in [0.1, 0.15) is 54.4 Å². The number of Topliss-reactive ketones (excluding diaryl/α,β-unsaturated/α-hetero) is 1. The molecule has 0 aliphatic carbocycles. The molecule has 0 bridgehead atoms. The highest BCUT2D eigenvalue weighted by atomic mass is 35.5. The molecule has 3 aromatic carbocycles. The number of hydrogen-bond acceptors (Lipinski definition) is 3. The lowest BCUT2D eigenvalue weighted by Crippen LogP contribution is -2.28. The normalized spacial score (nSPS) is 12.1. The molecule has 0 saturated heterocycles. The first kappa shape index (κ1) is 23.0. The fourth-order valence-electron chi connectivity index (χ4n) is 4.19. The van der Waals surface area contributed by atoms with Gasteiger partial charge in [0.15, 0.2) is 5.78 Å². The van der Waals surface area contributed by atoms with E-state index in [0.717, 1.165) is 22.3 Å². The maximum atomic E-state index is 13.6. The van der Waals surface area contributed by atoms with E-state index < -0.39 is 6.10 Å². The van der Waals surface area contributed by atoms with Crippen LogP contribution in [-0.4, -0.2) is 15.5 Å². The van der Waals surface area contributed by atoms with E-state index in [9.17, 15) is 14.7 Å². The number of pyridine rings is 1. The van der Waals surface area contributed by atoms with E-state index in [0.29, 0.717) is 27.9 Å². The lowest BCUT2D eigenvalue weighted by Gasteiger charge is -2.20. The minimum absolute atomic E-state index is 0.106. The summed E-state index contributed by atoms with van der Waals surface area (Å²) in [5.41, 5.74) is 3.45. The summed E-state index contributed by atoms with van der Waals surface area (Å²) in [7, 11) is 0. The highest BCUT2D eigenvalue weighted by Gasteiger charge is 2.23. The van der Waals surface area contributed by atoms with E-state index in [2.05, 4.69) is 0 Å². The molecule has 4 aromatic rings. The van der Waals surface area contributed by atoms with Crippen LogP contribution in [0.5, 0.6) is 0 Å². The van der Waals surface area contributed by atoms with Gasteiger partial charge in [-0.05, 0) is 46.7 Å². The average Bonchev–Trinajstić information content (AvgIpc) is 2.85. The number of fused-ring (bicyclic) bond motifs is 1. The van der Waals surface area contributed by atoms with Crippen molar-refractivity contribution >= 4 is 28.2 Å². The van der Waals surface area contributed by atoms with Crippen LogP contribution in [0.2, 0.25) is 5.02 Å². The van der Waals surface area contributed by atoms with Gasteiger partial charge in [-0.3, -0.25) is 14.2 Å². The fourth-order valence-corrected chi connectivity index (χ4v) is 4.36. The number of aliphatic hydroxyl groups is 1. The van der Waals surface area contributed by atoms with Crippen molar-refractivity contribution in [2.75, 3.05) is 0 Å². The third kappa shape index (κ3) is 4.50. The Bertz CT molecular complexity index is 1360. The Kier molecular flexibility index (Phi) is 6.77. The summed E-state index contributed by atoms with van der Waals surface area (Å²) in [5.74, 6) is -0.106. The van der Waals surface area contributed by atoms with E-state index >= 15 is 0 Å². The molecular formula is C28H26ClNO3. The second-order valence-electron chi connectivity index (χ2n) is 8.11. The molecule has 0 spiro atoms. The van der Waals surface area contributed by atoms with Crippen molar-refractivity contribution in [3.63, 3.8) is 0 Å². The number of aliphatic hydroxyl groups excluding tert-OH is 1. The second kappa shape index (κ2) is 9.74. The quantitative estimate of drug-likeness (QED) is 0.325. The molecule has 1 N–H and O–H groups in total. The number of aromatic nitrogens is 1. The van der Waals surface area contributed by atoms with E-state index in [-0.39, 0.29) is 24.3 Å². The van der Waals surface area contributed by atoms with E-state index in [1.807, 2.05) is 61.5 Å². The molecule has 4 rings (SSSR count). The molecule has 33 heavy (non-hydrogen) atoms. The van der Waals surface area contributed by atoms with Crippen molar-refractivity contribution in [1.82, 2.24) is 4.57 Å². The molecule has 0 radical (unpaired) electrons. The largest absolute Gasteiger partial charge is 0.388 e. The Morgan fingerprint density at radius 1 is 0.970 bits per heavy atom. The smallest absolute Gasteiger partial charge is 0.259 e. The van der Waals surface area contributed by atoms with E-state index in [4.69, 9.17) is 11.6 Å². The summed E-state index contributed by atoms with van der Waals surface area (Å²) in [6.07, 6.45) is 0.378. The first-order valence-corrected chi connectivity index (χ1v) is 11.5. The van der Waals surface area contributed by atoms with Gasteiger partial charge >= 0.3 is 0 Å². The molecule has 5 heteroatoms. The summed E-state index contributed by atoms with van der Waals surface area (Å²) >= 11 is 6.30. The van der Waals surface area contributed by atoms with Crippen molar-refractivity contribution in [3.8, 4) is 11.1 Å². The molecule has 0 aliphatic rings. The molecule has 0 amide bonds. The second-order valence-corrected chi connectivity index (χ2v) is 8.55. The molecule has 168 valence electrons. The monoisotopic (exact) mass is 459 g/mol. The maximum Gasteiger partial charge on any atom is 0.259 e. The number of rotatable bonds is 7. The molecule has 4 nitrogen and oxygen atoms in total. The van der Waals surface area contributed by atoms with Gasteiger partial charge in [0.2, 0.25) is 0 Å². The highest BCUT2D eigenvalue weighted by molar-refractivity contribution is 6.31. The number of nitrogens with zero attached hydrogens (tertiary/aromatic N) is 1. The first-order chi connectivity index (χ1) is 15.9. The van der Waals surface area contributed by atoms with Crippen LogP contribution < -0.4 is 5.56 Å². The van der Waals surface area contributed by atoms with Crippen LogP contribution >= 0.6 is 11.6 Å². The minimum Gasteiger partial charge on any atom is -0.388 e. The average molecular weight is 460 g/mol. The van der Waals surface area contributed by atoms with Crippen molar-refractivity contribution in [2.45, 2.75) is 39.3 Å². The zero-order valence-corrected chi connectivity index (χ0v) is 19.5. The maximum absolute atomic E-state index is 13.6. The third-order valence-corrected chi connectivity index (χ3v) is 6.21. The van der Waals surface area contributed by atoms with Gasteiger partial charge in [-0.1, -0.05) is 80.0 Å². The summed E-state index contributed by atoms with van der Waals surface area (Å²) in [4.78, 5) is 26.9. The highest BCUT2D eigenvalue weighted by Crippen LogP contribution is 2.33. The molecule has 0 fully saturated rings. The van der Waals surface area contributed by atoms with Gasteiger partial charge in [0.25, 0.3) is 5.56 Å². The number of carbonyl (C=O) groups excluding carboxylic acids is 1. The first-order valence-electron chi connectivity index (χ1n) is 11.2. The zero-order chi connectivity index (χ0) is 23.5. The Morgan fingerprint density at radius 3 is 2.30 bits per heavy atom. The Labute approximate surface area is 198 Å². The topological polar surface area (TPSA) is 59.3 Å². The minimum atomic E-state index is -0.519. The van der Waals surface area contributed by atoms with Crippen LogP contribution in [-0.2, 0) is 6.54 Å². The number of hydrogen-bond donors (Lipinski definition) is 1. The number of halogens is 1. The standard InChI is InChI=1S/C28H26ClNO3/c1-3-24(31)19-12-10-18(11-13-19)17-30-27(25(32)4-2)26(20-8-6-5-7-9-20)23-16-21(29)14-15-22(23)28(30)33/h5-16,24,31H,3-4,17H2,1-2H3. The summed E-state index contributed by atoms with van der Waals surface area (Å²) < 4.78 is 1.58. The summed E-state index contributed by atoms with van der Waals surface area (Å²) in [6.45, 7) is 3.98. The summed E-state index contributed by atoms with van der Waals surface area (Å²) in [5, 5.41) is 11.8. The van der Waals surface area contributed by atoms with Crippen LogP contribution in [0, 0.1) is 0 Å². The fraction of sp³-hybridized carbons (Fsp3) is 0.214. The number of benzene rings is 3. The van der Waals surface area contributed by atoms with Gasteiger partial charge in [0.05, 0.1) is 18.3 Å². The lowest BCUT2D eigenvalue weighted by molar-refractivity contribution is 0.0979. The SMILES string of the molecule is CCC(=O)c1c(-c2ccccc2)c2cc(Cl)ccc2c(=O)n1Cc1ccc(C(O)CC)cc1. The van der Waals surface area contributed by atoms with Crippen molar-refractivity contribution in [3.05, 3.63) is 105 Å². The lowest BCUT2D eigenvalue weighted by atomic mass is 9.94. The van der Waals surface area contributed by atoms with Gasteiger partial charge in [0, 0.05) is 22.4 Å². The molecule has 1 heterocycles. The van der Waals surface area contributed by atoms with Gasteiger partial charge in [-0.25, -0.2) is 0 Å². The molecule has 1 atom stereocenters. The van der Waals surface area contributed by atoms with Crippen LogP contribution in [0.3, 0.4) is 0 Å². The Morgan fingerprint density at radius 2 is 1.67 bits per heavy atom. The van der Waals surface area contributed by atoms with Gasteiger partial charge in [-0.15, -0.1) is 0 Å². The van der Waals surface area contributed by atoms with E-state index in [1.54, 1.807) is 29.7 Å². The number of carbonyl (C=O) groups is 1. The third-order valence-electron chi connectivity index (χ3n) is 5.97. The van der Waals surface area contributed by atoms with Crippen molar-refractivity contribution in [1.29, 1.82) is 0 Å². The van der Waals surface area contributed by atoms with Crippen molar-refractivity contribution < 1.29 is 9.90 Å². The van der Waals surface area contributed by atoms with Gasteiger partial charge in [-0.2, -0.15) is 0 Å². The van der Waals surface area contributed by atoms with Crippen molar-refractivity contribution in [2.24, 2.45) is 0 Å². The van der Waals surface area contributed by atoms with Gasteiger partial charge in [0.1, 0.15) is 0 Å².